The maximum Gasteiger partial charge on any atom is 0.217 e. The number of halogens is 2. The van der Waals surface area contributed by atoms with Crippen molar-refractivity contribution in [2.45, 2.75) is 6.04 Å². The number of aliphatic hydroxyl groups excluding tert-OH is 1. The maximum absolute atomic E-state index is 12.9. The van der Waals surface area contributed by atoms with Crippen molar-refractivity contribution >= 4 is 15.9 Å². The van der Waals surface area contributed by atoms with Crippen molar-refractivity contribution in [3.8, 4) is 0 Å². The van der Waals surface area contributed by atoms with Gasteiger partial charge in [-0.25, -0.2) is 4.98 Å². The van der Waals surface area contributed by atoms with Crippen LogP contribution in [0, 0.1) is 5.95 Å². The largest absolute Gasteiger partial charge is 0.394 e. The molecule has 1 heterocycles. The third-order valence-electron chi connectivity index (χ3n) is 1.43. The Bertz CT molecular complexity index is 282. The number of nitrogens with two attached hydrogens (primary N) is 1. The number of aliphatic hydroxyl groups is 1. The lowest BCUT2D eigenvalue weighted by Crippen LogP contribution is -2.16. The average Bonchev–Trinajstić information content (AvgIpc) is 2.08. The summed E-state index contributed by atoms with van der Waals surface area (Å²) < 4.78 is 13.5. The van der Waals surface area contributed by atoms with E-state index in [1.54, 1.807) is 0 Å². The quantitative estimate of drug-likeness (QED) is 0.751. The average molecular weight is 235 g/mol. The Hall–Kier alpha value is -0.520. The molecule has 0 spiro atoms. The molecular formula is C7H8BrFN2O. The zero-order chi connectivity index (χ0) is 9.14. The molecule has 1 aromatic heterocycles. The van der Waals surface area contributed by atoms with Crippen LogP contribution in [0.15, 0.2) is 16.7 Å². The molecule has 3 nitrogen and oxygen atoms in total. The van der Waals surface area contributed by atoms with Crippen molar-refractivity contribution in [1.82, 2.24) is 4.98 Å². The summed E-state index contributed by atoms with van der Waals surface area (Å²) in [6, 6.07) is 0.790. The number of rotatable bonds is 2. The monoisotopic (exact) mass is 234 g/mol. The van der Waals surface area contributed by atoms with E-state index in [1.807, 2.05) is 0 Å². The number of hydrogen-bond donors (Lipinski definition) is 2. The fourth-order valence-corrected chi connectivity index (χ4v) is 1.15. The van der Waals surface area contributed by atoms with Crippen LogP contribution in [-0.4, -0.2) is 16.7 Å². The molecule has 0 aliphatic rings. The number of aromatic nitrogens is 1. The molecule has 0 aliphatic heterocycles. The predicted molar refractivity (Wildman–Crippen MR) is 45.9 cm³/mol. The lowest BCUT2D eigenvalue weighted by Gasteiger charge is -2.08. The van der Waals surface area contributed by atoms with E-state index in [1.165, 1.54) is 12.3 Å². The van der Waals surface area contributed by atoms with Gasteiger partial charge in [-0.1, -0.05) is 0 Å². The normalized spacial score (nSPS) is 13.0. The highest BCUT2D eigenvalue weighted by Crippen LogP contribution is 2.17. The van der Waals surface area contributed by atoms with E-state index in [0.29, 0.717) is 4.47 Å². The summed E-state index contributed by atoms with van der Waals surface area (Å²) >= 11 is 3.13. The van der Waals surface area contributed by atoms with Gasteiger partial charge >= 0.3 is 0 Å². The minimum absolute atomic E-state index is 0.215. The van der Waals surface area contributed by atoms with Crippen LogP contribution in [0.2, 0.25) is 0 Å². The molecule has 0 radical (unpaired) electrons. The molecule has 5 heteroatoms. The Morgan fingerprint density at radius 3 is 3.00 bits per heavy atom. The van der Waals surface area contributed by atoms with Gasteiger partial charge in [0.15, 0.2) is 0 Å². The van der Waals surface area contributed by atoms with Gasteiger partial charge in [0.05, 0.1) is 12.6 Å². The molecule has 0 aliphatic carbocycles. The Kier molecular flexibility index (Phi) is 3.13. The fourth-order valence-electron chi connectivity index (χ4n) is 0.797. The minimum Gasteiger partial charge on any atom is -0.394 e. The second kappa shape index (κ2) is 3.93. The van der Waals surface area contributed by atoms with Crippen LogP contribution in [0.1, 0.15) is 11.6 Å². The summed E-state index contributed by atoms with van der Waals surface area (Å²) in [5, 5.41) is 8.67. The molecule has 0 amide bonds. The standard InChI is InChI=1S/C7H8BrFN2O/c8-4-1-5(6(10)3-12)7(9)11-2-4/h1-2,6,12H,3,10H2/t6-/m1/s1. The van der Waals surface area contributed by atoms with Crippen molar-refractivity contribution in [1.29, 1.82) is 0 Å². The van der Waals surface area contributed by atoms with Gasteiger partial charge in [0, 0.05) is 16.2 Å². The first kappa shape index (κ1) is 9.57. The summed E-state index contributed by atoms with van der Waals surface area (Å²) in [7, 11) is 0. The van der Waals surface area contributed by atoms with E-state index in [9.17, 15) is 4.39 Å². The molecule has 12 heavy (non-hydrogen) atoms. The molecule has 1 aromatic rings. The van der Waals surface area contributed by atoms with Crippen molar-refractivity contribution in [3.05, 3.63) is 28.2 Å². The molecule has 0 aromatic carbocycles. The topological polar surface area (TPSA) is 59.1 Å². The highest BCUT2D eigenvalue weighted by Gasteiger charge is 2.11. The summed E-state index contributed by atoms with van der Waals surface area (Å²) in [5.41, 5.74) is 5.63. The lowest BCUT2D eigenvalue weighted by atomic mass is 10.1. The first-order chi connectivity index (χ1) is 5.65. The van der Waals surface area contributed by atoms with Gasteiger partial charge in [-0.3, -0.25) is 0 Å². The smallest absolute Gasteiger partial charge is 0.217 e. The predicted octanol–water partition coefficient (Wildman–Crippen LogP) is 0.975. The zero-order valence-corrected chi connectivity index (χ0v) is 7.75. The molecule has 0 unspecified atom stereocenters. The van der Waals surface area contributed by atoms with E-state index >= 15 is 0 Å². The van der Waals surface area contributed by atoms with Gasteiger partial charge < -0.3 is 10.8 Å². The number of nitrogens with zero attached hydrogens (tertiary/aromatic N) is 1. The van der Waals surface area contributed by atoms with Gasteiger partial charge in [0.25, 0.3) is 0 Å². The molecule has 0 fully saturated rings. The minimum atomic E-state index is -0.713. The van der Waals surface area contributed by atoms with Crippen LogP contribution in [0.5, 0.6) is 0 Å². The Morgan fingerprint density at radius 1 is 1.75 bits per heavy atom. The van der Waals surface area contributed by atoms with E-state index in [4.69, 9.17) is 10.8 Å². The number of pyridine rings is 1. The summed E-state index contributed by atoms with van der Waals surface area (Å²) in [5.74, 6) is -0.639. The third kappa shape index (κ3) is 2.00. The molecule has 1 rings (SSSR count). The van der Waals surface area contributed by atoms with Crippen molar-refractivity contribution in [3.63, 3.8) is 0 Å². The highest BCUT2D eigenvalue weighted by atomic mass is 79.9. The van der Waals surface area contributed by atoms with Gasteiger partial charge in [0.1, 0.15) is 0 Å². The van der Waals surface area contributed by atoms with Crippen LogP contribution in [0.25, 0.3) is 0 Å². The summed E-state index contributed by atoms with van der Waals surface area (Å²) in [6.45, 7) is -0.297. The van der Waals surface area contributed by atoms with Crippen LogP contribution < -0.4 is 5.73 Å². The van der Waals surface area contributed by atoms with E-state index in [2.05, 4.69) is 20.9 Å². The van der Waals surface area contributed by atoms with Gasteiger partial charge in [-0.05, 0) is 22.0 Å². The summed E-state index contributed by atoms with van der Waals surface area (Å²) in [6.07, 6.45) is 1.34. The molecule has 66 valence electrons. The Balaban J connectivity index is 3.04. The number of hydrogen-bond acceptors (Lipinski definition) is 3. The molecule has 0 bridgehead atoms. The zero-order valence-electron chi connectivity index (χ0n) is 6.17. The van der Waals surface area contributed by atoms with E-state index < -0.39 is 12.0 Å². The first-order valence-electron chi connectivity index (χ1n) is 3.32. The second-order valence-corrected chi connectivity index (χ2v) is 3.24. The van der Waals surface area contributed by atoms with Gasteiger partial charge in [-0.2, -0.15) is 4.39 Å². The molecule has 3 N–H and O–H groups in total. The summed E-state index contributed by atoms with van der Waals surface area (Å²) in [4.78, 5) is 3.44. The van der Waals surface area contributed by atoms with Crippen molar-refractivity contribution < 1.29 is 9.50 Å². The first-order valence-corrected chi connectivity index (χ1v) is 4.12. The highest BCUT2D eigenvalue weighted by molar-refractivity contribution is 9.10. The fraction of sp³-hybridized carbons (Fsp3) is 0.286. The molecule has 0 saturated heterocycles. The molecule has 1 atom stereocenters. The Morgan fingerprint density at radius 2 is 2.42 bits per heavy atom. The Labute approximate surface area is 77.5 Å². The lowest BCUT2D eigenvalue weighted by molar-refractivity contribution is 0.264. The maximum atomic E-state index is 12.9. The molecular weight excluding hydrogens is 227 g/mol. The van der Waals surface area contributed by atoms with Crippen LogP contribution in [0.3, 0.4) is 0 Å². The SMILES string of the molecule is N[C@H](CO)c1cc(Br)cnc1F. The van der Waals surface area contributed by atoms with Crippen molar-refractivity contribution in [2.24, 2.45) is 5.73 Å². The molecule has 0 saturated carbocycles. The van der Waals surface area contributed by atoms with Gasteiger partial charge in [-0.15, -0.1) is 0 Å². The van der Waals surface area contributed by atoms with Crippen LogP contribution in [0.4, 0.5) is 4.39 Å². The van der Waals surface area contributed by atoms with E-state index in [0.717, 1.165) is 0 Å². The van der Waals surface area contributed by atoms with Crippen LogP contribution >= 0.6 is 15.9 Å². The third-order valence-corrected chi connectivity index (χ3v) is 1.86. The van der Waals surface area contributed by atoms with Gasteiger partial charge in [0.2, 0.25) is 5.95 Å². The van der Waals surface area contributed by atoms with Crippen molar-refractivity contribution in [2.75, 3.05) is 6.61 Å². The van der Waals surface area contributed by atoms with Crippen LogP contribution in [-0.2, 0) is 0 Å². The van der Waals surface area contributed by atoms with E-state index in [-0.39, 0.29) is 12.2 Å². The second-order valence-electron chi connectivity index (χ2n) is 2.32.